The minimum atomic E-state index is -1.45. The summed E-state index contributed by atoms with van der Waals surface area (Å²) in [5, 5.41) is 32.6. The summed E-state index contributed by atoms with van der Waals surface area (Å²) in [7, 11) is 0. The molecule has 12 heteroatoms. The first kappa shape index (κ1) is 29.8. The van der Waals surface area contributed by atoms with Gasteiger partial charge in [-0.3, -0.25) is 9.59 Å². The predicted octanol–water partition coefficient (Wildman–Crippen LogP) is 6.16. The minimum Gasteiger partial charge on any atom is -0.478 e. The van der Waals surface area contributed by atoms with Crippen LogP contribution in [0.25, 0.3) is 0 Å². The highest BCUT2D eigenvalue weighted by molar-refractivity contribution is 8.00. The first-order chi connectivity index (χ1) is 20.0. The Morgan fingerprint density at radius 2 is 1.29 bits per heavy atom. The zero-order valence-corrected chi connectivity index (χ0v) is 23.0. The van der Waals surface area contributed by atoms with Gasteiger partial charge in [0.15, 0.2) is 0 Å². The molecule has 10 nitrogen and oxygen atoms in total. The van der Waals surface area contributed by atoms with Crippen molar-refractivity contribution in [3.05, 3.63) is 124 Å². The van der Waals surface area contributed by atoms with Crippen molar-refractivity contribution < 1.29 is 39.3 Å². The van der Waals surface area contributed by atoms with Gasteiger partial charge in [0.05, 0.1) is 33.0 Å². The number of nitrogens with one attached hydrogen (secondary N) is 2. The predicted molar refractivity (Wildman–Crippen MR) is 157 cm³/mol. The molecular weight excluding hydrogens is 584 g/mol. The summed E-state index contributed by atoms with van der Waals surface area (Å²) >= 11 is 7.40. The molecule has 0 aliphatic heterocycles. The summed E-state index contributed by atoms with van der Waals surface area (Å²) in [5.74, 6) is -5.13. The summed E-state index contributed by atoms with van der Waals surface area (Å²) in [6.45, 7) is 0. The molecule has 0 fully saturated rings. The SMILES string of the molecule is O=C(O)c1ccc(Cl)c(NC(=O)C(Sc2ccc(NC(=O)c3ccc(C(=O)O)cc3C(=O)O)cc2)c2ccccc2)c1. The summed E-state index contributed by atoms with van der Waals surface area (Å²) in [6, 6.07) is 22.6. The fraction of sp³-hybridized carbons (Fsp3) is 0.0333. The van der Waals surface area contributed by atoms with Gasteiger partial charge < -0.3 is 26.0 Å². The van der Waals surface area contributed by atoms with Gasteiger partial charge in [-0.15, -0.1) is 11.8 Å². The smallest absolute Gasteiger partial charge is 0.336 e. The highest BCUT2D eigenvalue weighted by Crippen LogP contribution is 2.37. The fourth-order valence-corrected chi connectivity index (χ4v) is 5.05. The average molecular weight is 605 g/mol. The molecule has 0 aliphatic carbocycles. The molecule has 42 heavy (non-hydrogen) atoms. The lowest BCUT2D eigenvalue weighted by Crippen LogP contribution is -2.19. The summed E-state index contributed by atoms with van der Waals surface area (Å²) in [5.41, 5.74) is 0.194. The van der Waals surface area contributed by atoms with Crippen molar-refractivity contribution in [2.75, 3.05) is 10.6 Å². The van der Waals surface area contributed by atoms with Crippen LogP contribution in [0.2, 0.25) is 5.02 Å². The van der Waals surface area contributed by atoms with Crippen LogP contribution in [0.4, 0.5) is 11.4 Å². The topological polar surface area (TPSA) is 170 Å². The number of thioether (sulfide) groups is 1. The Labute approximate surface area is 248 Å². The number of carboxylic acids is 3. The van der Waals surface area contributed by atoms with Crippen molar-refractivity contribution in [1.29, 1.82) is 0 Å². The standard InChI is InChI=1S/C30H21ClN2O8S/c31-23-13-7-18(29(38)39)15-24(23)33-27(35)25(16-4-2-1-3-5-16)42-20-10-8-19(9-11-20)32-26(34)21-12-6-17(28(36)37)14-22(21)30(40)41/h1-15,25H,(H,32,34)(H,33,35)(H,36,37)(H,38,39)(H,40,41). The number of rotatable bonds is 10. The molecular formula is C30H21ClN2O8S. The zero-order chi connectivity index (χ0) is 30.4. The van der Waals surface area contributed by atoms with Gasteiger partial charge in [0.2, 0.25) is 5.91 Å². The van der Waals surface area contributed by atoms with Gasteiger partial charge in [0, 0.05) is 10.6 Å². The maximum absolute atomic E-state index is 13.4. The molecule has 0 spiro atoms. The molecule has 0 radical (unpaired) electrons. The molecule has 0 saturated heterocycles. The van der Waals surface area contributed by atoms with E-state index >= 15 is 0 Å². The van der Waals surface area contributed by atoms with Crippen LogP contribution in [0.1, 0.15) is 52.2 Å². The van der Waals surface area contributed by atoms with Gasteiger partial charge in [0.25, 0.3) is 5.91 Å². The van der Waals surface area contributed by atoms with Gasteiger partial charge in [-0.25, -0.2) is 14.4 Å². The van der Waals surface area contributed by atoms with Gasteiger partial charge >= 0.3 is 17.9 Å². The van der Waals surface area contributed by atoms with Crippen molar-refractivity contribution in [2.45, 2.75) is 10.1 Å². The van der Waals surface area contributed by atoms with E-state index in [1.165, 1.54) is 30.0 Å². The Morgan fingerprint density at radius 3 is 1.90 bits per heavy atom. The molecule has 1 unspecified atom stereocenters. The maximum Gasteiger partial charge on any atom is 0.336 e. The van der Waals surface area contributed by atoms with Crippen molar-refractivity contribution >= 4 is 64.5 Å². The van der Waals surface area contributed by atoms with Crippen LogP contribution in [0.5, 0.6) is 0 Å². The third kappa shape index (κ3) is 7.14. The van der Waals surface area contributed by atoms with E-state index in [2.05, 4.69) is 10.6 Å². The molecule has 4 aromatic rings. The summed E-state index contributed by atoms with van der Waals surface area (Å²) in [6.07, 6.45) is 0. The largest absolute Gasteiger partial charge is 0.478 e. The number of aromatic carboxylic acids is 3. The molecule has 0 bridgehead atoms. The molecule has 0 heterocycles. The number of amides is 2. The highest BCUT2D eigenvalue weighted by Gasteiger charge is 2.24. The third-order valence-corrected chi connectivity index (χ3v) is 7.52. The number of carbonyl (C=O) groups excluding carboxylic acids is 2. The van der Waals surface area contributed by atoms with E-state index in [1.807, 2.05) is 0 Å². The van der Waals surface area contributed by atoms with Gasteiger partial charge in [-0.2, -0.15) is 0 Å². The molecule has 0 saturated carbocycles. The van der Waals surface area contributed by atoms with Gasteiger partial charge in [-0.05, 0) is 66.2 Å². The average Bonchev–Trinajstić information content (AvgIpc) is 2.97. The van der Waals surface area contributed by atoms with E-state index in [9.17, 15) is 34.2 Å². The van der Waals surface area contributed by atoms with E-state index in [-0.39, 0.29) is 27.4 Å². The van der Waals surface area contributed by atoms with Crippen LogP contribution in [0, 0.1) is 0 Å². The lowest BCUT2D eigenvalue weighted by molar-refractivity contribution is -0.115. The molecule has 0 aromatic heterocycles. The Kier molecular flexibility index (Phi) is 9.25. The second kappa shape index (κ2) is 13.0. The quantitative estimate of drug-likeness (QED) is 0.133. The Bertz CT molecular complexity index is 1690. The van der Waals surface area contributed by atoms with Crippen LogP contribution in [-0.4, -0.2) is 45.0 Å². The van der Waals surface area contributed by atoms with Gasteiger partial charge in [0.1, 0.15) is 5.25 Å². The molecule has 1 atom stereocenters. The van der Waals surface area contributed by atoms with Crippen LogP contribution >= 0.6 is 23.4 Å². The third-order valence-electron chi connectivity index (χ3n) is 5.92. The van der Waals surface area contributed by atoms with E-state index in [4.69, 9.17) is 16.7 Å². The normalized spacial score (nSPS) is 11.3. The summed E-state index contributed by atoms with van der Waals surface area (Å²) < 4.78 is 0. The molecule has 0 aliphatic rings. The minimum absolute atomic E-state index is 0.0374. The first-order valence-electron chi connectivity index (χ1n) is 12.1. The molecule has 212 valence electrons. The van der Waals surface area contributed by atoms with E-state index in [0.717, 1.165) is 18.2 Å². The number of hydrogen-bond acceptors (Lipinski definition) is 6. The Hall–Kier alpha value is -5.13. The van der Waals surface area contributed by atoms with Crippen LogP contribution in [-0.2, 0) is 4.79 Å². The lowest BCUT2D eigenvalue weighted by atomic mass is 10.0. The highest BCUT2D eigenvalue weighted by atomic mass is 35.5. The van der Waals surface area contributed by atoms with Crippen LogP contribution < -0.4 is 10.6 Å². The summed E-state index contributed by atoms with van der Waals surface area (Å²) in [4.78, 5) is 61.0. The monoisotopic (exact) mass is 604 g/mol. The van der Waals surface area contributed by atoms with Gasteiger partial charge in [-0.1, -0.05) is 41.9 Å². The fourth-order valence-electron chi connectivity index (χ4n) is 3.86. The molecule has 4 aromatic carbocycles. The van der Waals surface area contributed by atoms with Crippen molar-refractivity contribution in [2.24, 2.45) is 0 Å². The van der Waals surface area contributed by atoms with Crippen molar-refractivity contribution in [1.82, 2.24) is 0 Å². The maximum atomic E-state index is 13.4. The van der Waals surface area contributed by atoms with E-state index in [1.54, 1.807) is 54.6 Å². The molecule has 4 rings (SSSR count). The molecule has 2 amide bonds. The Balaban J connectivity index is 1.53. The van der Waals surface area contributed by atoms with E-state index < -0.39 is 40.5 Å². The first-order valence-corrected chi connectivity index (χ1v) is 13.4. The second-order valence-electron chi connectivity index (χ2n) is 8.75. The number of carboxylic acid groups (broad SMARTS) is 3. The zero-order valence-electron chi connectivity index (χ0n) is 21.4. The number of halogens is 1. The number of benzene rings is 4. The number of anilines is 2. The number of hydrogen-bond donors (Lipinski definition) is 5. The van der Waals surface area contributed by atoms with Crippen molar-refractivity contribution in [3.63, 3.8) is 0 Å². The Morgan fingerprint density at radius 1 is 0.667 bits per heavy atom. The van der Waals surface area contributed by atoms with Crippen molar-refractivity contribution in [3.8, 4) is 0 Å². The molecule has 5 N–H and O–H groups in total. The van der Waals surface area contributed by atoms with Crippen LogP contribution in [0.3, 0.4) is 0 Å². The van der Waals surface area contributed by atoms with Crippen LogP contribution in [0.15, 0.2) is 95.9 Å². The number of carbonyl (C=O) groups is 5. The van der Waals surface area contributed by atoms with E-state index in [0.29, 0.717) is 16.1 Å². The lowest BCUT2D eigenvalue weighted by Gasteiger charge is -2.18. The second-order valence-corrected chi connectivity index (χ2v) is 10.3.